The van der Waals surface area contributed by atoms with Crippen molar-refractivity contribution in [2.24, 2.45) is 0 Å². The van der Waals surface area contributed by atoms with Crippen LogP contribution in [0.1, 0.15) is 35.3 Å². The predicted octanol–water partition coefficient (Wildman–Crippen LogP) is 4.17. The largest absolute Gasteiger partial charge is 0.351 e. The van der Waals surface area contributed by atoms with Gasteiger partial charge < -0.3 is 10.6 Å². The number of nitrogens with one attached hydrogen (secondary N) is 2. The van der Waals surface area contributed by atoms with Gasteiger partial charge in [-0.2, -0.15) is 11.8 Å². The summed E-state index contributed by atoms with van der Waals surface area (Å²) in [6.45, 7) is 4.89. The zero-order valence-electron chi connectivity index (χ0n) is 16.7. The molecule has 0 radical (unpaired) electrons. The van der Waals surface area contributed by atoms with Crippen LogP contribution in [0.2, 0.25) is 0 Å². The maximum Gasteiger partial charge on any atom is 0.251 e. The highest BCUT2D eigenvalue weighted by Crippen LogP contribution is 2.33. The normalized spacial score (nSPS) is 14.8. The minimum Gasteiger partial charge on any atom is -0.351 e. The summed E-state index contributed by atoms with van der Waals surface area (Å²) in [5.41, 5.74) is 4.59. The molecule has 1 aliphatic heterocycles. The van der Waals surface area contributed by atoms with E-state index in [-0.39, 0.29) is 11.3 Å². The van der Waals surface area contributed by atoms with E-state index in [1.165, 1.54) is 5.56 Å². The fraction of sp³-hybridized carbons (Fsp3) is 0.273. The van der Waals surface area contributed by atoms with Gasteiger partial charge in [0.25, 0.3) is 5.91 Å². The summed E-state index contributed by atoms with van der Waals surface area (Å²) < 4.78 is 0. The number of aromatic nitrogens is 3. The van der Waals surface area contributed by atoms with Crippen LogP contribution in [0.25, 0.3) is 11.3 Å². The third-order valence-corrected chi connectivity index (χ3v) is 5.63. The lowest BCUT2D eigenvalue weighted by atomic mass is 9.78. The predicted molar refractivity (Wildman–Crippen MR) is 118 cm³/mol. The Morgan fingerprint density at radius 3 is 2.79 bits per heavy atom. The number of thioether (sulfide) groups is 1. The van der Waals surface area contributed by atoms with Crippen LogP contribution in [0.3, 0.4) is 0 Å². The number of rotatable bonds is 5. The van der Waals surface area contributed by atoms with Crippen molar-refractivity contribution >= 4 is 29.4 Å². The molecule has 1 amide bonds. The van der Waals surface area contributed by atoms with Gasteiger partial charge in [-0.1, -0.05) is 19.9 Å². The van der Waals surface area contributed by atoms with Crippen molar-refractivity contribution < 1.29 is 4.79 Å². The van der Waals surface area contributed by atoms with Crippen molar-refractivity contribution in [1.82, 2.24) is 20.3 Å². The number of hydrogen-bond donors (Lipinski definition) is 2. The van der Waals surface area contributed by atoms with Crippen molar-refractivity contribution in [1.29, 1.82) is 0 Å². The van der Waals surface area contributed by atoms with Gasteiger partial charge in [0.15, 0.2) is 0 Å². The zero-order valence-corrected chi connectivity index (χ0v) is 17.5. The molecule has 0 fully saturated rings. The van der Waals surface area contributed by atoms with Gasteiger partial charge in [0, 0.05) is 41.2 Å². The minimum atomic E-state index is -0.130. The molecule has 148 valence electrons. The first-order valence-electron chi connectivity index (χ1n) is 9.43. The highest BCUT2D eigenvalue weighted by atomic mass is 32.2. The number of fused-ring (bicyclic) bond motifs is 1. The standard InChI is InChI=1S/C22H23N5OS/c1-22(2)13-25-20(28)16-5-4-15(11-17(16)22)18-7-9-24-21(26-18)27-19-10-14(12-29-3)6-8-23-19/h4-11H,12-13H2,1-3H3,(H,25,28)(H,23,24,26,27). The van der Waals surface area contributed by atoms with Crippen LogP contribution in [0.5, 0.6) is 0 Å². The molecule has 7 heteroatoms. The van der Waals surface area contributed by atoms with Crippen molar-refractivity contribution in [2.45, 2.75) is 25.0 Å². The second-order valence-electron chi connectivity index (χ2n) is 7.70. The molecule has 3 heterocycles. The number of amides is 1. The average molecular weight is 406 g/mol. The van der Waals surface area contributed by atoms with E-state index in [1.807, 2.05) is 30.3 Å². The number of carbonyl (C=O) groups is 1. The van der Waals surface area contributed by atoms with E-state index in [2.05, 4.69) is 51.8 Å². The van der Waals surface area contributed by atoms with Crippen LogP contribution < -0.4 is 10.6 Å². The minimum absolute atomic E-state index is 0.0212. The Morgan fingerprint density at radius 2 is 1.97 bits per heavy atom. The molecule has 0 saturated heterocycles. The lowest BCUT2D eigenvalue weighted by molar-refractivity contribution is 0.0930. The van der Waals surface area contributed by atoms with Crippen LogP contribution >= 0.6 is 11.8 Å². The van der Waals surface area contributed by atoms with E-state index < -0.39 is 0 Å². The summed E-state index contributed by atoms with van der Waals surface area (Å²) in [6.07, 6.45) is 5.59. The molecule has 0 aliphatic carbocycles. The van der Waals surface area contributed by atoms with E-state index in [4.69, 9.17) is 0 Å². The van der Waals surface area contributed by atoms with Crippen molar-refractivity contribution in [3.05, 3.63) is 65.5 Å². The van der Waals surface area contributed by atoms with Gasteiger partial charge >= 0.3 is 0 Å². The lowest BCUT2D eigenvalue weighted by Crippen LogP contribution is -2.43. The van der Waals surface area contributed by atoms with Crippen molar-refractivity contribution in [3.63, 3.8) is 0 Å². The summed E-state index contributed by atoms with van der Waals surface area (Å²) in [7, 11) is 0. The molecular weight excluding hydrogens is 382 g/mol. The van der Waals surface area contributed by atoms with Gasteiger partial charge in [-0.05, 0) is 47.7 Å². The van der Waals surface area contributed by atoms with E-state index in [1.54, 1.807) is 24.2 Å². The van der Waals surface area contributed by atoms with Crippen LogP contribution in [-0.2, 0) is 11.2 Å². The smallest absolute Gasteiger partial charge is 0.251 e. The molecule has 1 aromatic carbocycles. The Morgan fingerprint density at radius 1 is 1.14 bits per heavy atom. The first-order chi connectivity index (χ1) is 14.0. The quantitative estimate of drug-likeness (QED) is 0.663. The number of pyridine rings is 1. The summed E-state index contributed by atoms with van der Waals surface area (Å²) in [4.78, 5) is 25.6. The van der Waals surface area contributed by atoms with Gasteiger partial charge in [-0.3, -0.25) is 4.79 Å². The highest BCUT2D eigenvalue weighted by molar-refractivity contribution is 7.97. The SMILES string of the molecule is CSCc1ccnc(Nc2nccc(-c3ccc4c(c3)C(C)(C)CNC4=O)n2)c1. The molecule has 29 heavy (non-hydrogen) atoms. The maximum atomic E-state index is 12.2. The highest BCUT2D eigenvalue weighted by Gasteiger charge is 2.31. The monoisotopic (exact) mass is 405 g/mol. The first kappa shape index (κ1) is 19.4. The number of anilines is 2. The molecule has 2 N–H and O–H groups in total. The average Bonchev–Trinajstić information content (AvgIpc) is 2.72. The third-order valence-electron chi connectivity index (χ3n) is 5.01. The number of nitrogens with zero attached hydrogens (tertiary/aromatic N) is 3. The molecular formula is C22H23N5OS. The molecule has 1 aliphatic rings. The summed E-state index contributed by atoms with van der Waals surface area (Å²) >= 11 is 1.77. The third kappa shape index (κ3) is 4.10. The van der Waals surface area contributed by atoms with Gasteiger partial charge in [-0.15, -0.1) is 0 Å². The topological polar surface area (TPSA) is 79.8 Å². The molecule has 3 aromatic rings. The second-order valence-corrected chi connectivity index (χ2v) is 8.57. The molecule has 0 unspecified atom stereocenters. The van der Waals surface area contributed by atoms with Gasteiger partial charge in [0.1, 0.15) is 5.82 Å². The fourth-order valence-electron chi connectivity index (χ4n) is 3.45. The molecule has 2 aromatic heterocycles. The van der Waals surface area contributed by atoms with E-state index in [0.29, 0.717) is 12.5 Å². The molecule has 0 saturated carbocycles. The van der Waals surface area contributed by atoms with Gasteiger partial charge in [-0.25, -0.2) is 15.0 Å². The van der Waals surface area contributed by atoms with Crippen LogP contribution in [-0.4, -0.2) is 33.7 Å². The lowest BCUT2D eigenvalue weighted by Gasteiger charge is -2.32. The second kappa shape index (κ2) is 7.83. The number of hydrogen-bond acceptors (Lipinski definition) is 6. The Kier molecular flexibility index (Phi) is 5.24. The molecule has 0 bridgehead atoms. The van der Waals surface area contributed by atoms with Crippen molar-refractivity contribution in [3.8, 4) is 11.3 Å². The molecule has 6 nitrogen and oxygen atoms in total. The van der Waals surface area contributed by atoms with Crippen LogP contribution in [0, 0.1) is 0 Å². The Hall–Kier alpha value is -2.93. The Bertz CT molecular complexity index is 1070. The van der Waals surface area contributed by atoms with Gasteiger partial charge in [0.05, 0.1) is 5.69 Å². The van der Waals surface area contributed by atoms with Crippen molar-refractivity contribution in [2.75, 3.05) is 18.1 Å². The van der Waals surface area contributed by atoms with Crippen LogP contribution in [0.15, 0.2) is 48.8 Å². The summed E-state index contributed by atoms with van der Waals surface area (Å²) in [6, 6.07) is 11.8. The zero-order chi connectivity index (χ0) is 20.4. The molecule has 0 atom stereocenters. The summed E-state index contributed by atoms with van der Waals surface area (Å²) in [5, 5.41) is 6.15. The van der Waals surface area contributed by atoms with Gasteiger partial charge in [0.2, 0.25) is 5.95 Å². The number of benzene rings is 1. The summed E-state index contributed by atoms with van der Waals surface area (Å²) in [5.74, 6) is 2.12. The van der Waals surface area contributed by atoms with Crippen LogP contribution in [0.4, 0.5) is 11.8 Å². The molecule has 0 spiro atoms. The molecule has 4 rings (SSSR count). The number of carbonyl (C=O) groups excluding carboxylic acids is 1. The Balaban J connectivity index is 1.64. The Labute approximate surface area is 174 Å². The van der Waals surface area contributed by atoms with E-state index in [0.717, 1.165) is 34.0 Å². The fourth-order valence-corrected chi connectivity index (χ4v) is 3.96. The first-order valence-corrected chi connectivity index (χ1v) is 10.8. The van der Waals surface area contributed by atoms with E-state index >= 15 is 0 Å². The van der Waals surface area contributed by atoms with E-state index in [9.17, 15) is 4.79 Å². The maximum absolute atomic E-state index is 12.2.